The molecule has 0 radical (unpaired) electrons. The van der Waals surface area contributed by atoms with Crippen molar-refractivity contribution in [3.63, 3.8) is 0 Å². The molecule has 88 valence electrons. The first-order valence-electron chi connectivity index (χ1n) is 5.26. The Hall–Kier alpha value is -1.61. The van der Waals surface area contributed by atoms with Crippen LogP contribution in [-0.4, -0.2) is 4.98 Å². The number of pyridine rings is 1. The molecule has 1 aromatic heterocycles. The van der Waals surface area contributed by atoms with Gasteiger partial charge in [0.1, 0.15) is 5.82 Å². The number of benzene rings is 1. The Morgan fingerprint density at radius 2 is 2.18 bits per heavy atom. The maximum absolute atomic E-state index is 12.9. The standard InChI is InChI=1S/C13H12ClFN2/c1-9-3-2-6-16-13(9)8-17-12-5-4-10(15)7-11(12)14/h2-7,17H,8H2,1H3. The molecule has 0 amide bonds. The third kappa shape index (κ3) is 2.94. The van der Waals surface area contributed by atoms with Crippen LogP contribution in [0.2, 0.25) is 5.02 Å². The Morgan fingerprint density at radius 3 is 2.88 bits per heavy atom. The van der Waals surface area contributed by atoms with Crippen LogP contribution < -0.4 is 5.32 Å². The van der Waals surface area contributed by atoms with Crippen LogP contribution in [0.1, 0.15) is 11.3 Å². The van der Waals surface area contributed by atoms with Crippen LogP contribution in [0.3, 0.4) is 0 Å². The fourth-order valence-electron chi connectivity index (χ4n) is 1.52. The molecule has 4 heteroatoms. The second-order valence-corrected chi connectivity index (χ2v) is 4.15. The van der Waals surface area contributed by atoms with Crippen LogP contribution in [0.25, 0.3) is 0 Å². The third-order valence-electron chi connectivity index (χ3n) is 2.50. The molecule has 2 aromatic rings. The van der Waals surface area contributed by atoms with Gasteiger partial charge in [0, 0.05) is 6.20 Å². The van der Waals surface area contributed by atoms with E-state index >= 15 is 0 Å². The molecule has 0 unspecified atom stereocenters. The van der Waals surface area contributed by atoms with E-state index in [9.17, 15) is 4.39 Å². The summed E-state index contributed by atoms with van der Waals surface area (Å²) < 4.78 is 12.9. The Labute approximate surface area is 104 Å². The minimum absolute atomic E-state index is 0.338. The van der Waals surface area contributed by atoms with Gasteiger partial charge in [0.25, 0.3) is 0 Å². The van der Waals surface area contributed by atoms with Gasteiger partial charge in [-0.2, -0.15) is 0 Å². The molecule has 0 spiro atoms. The van der Waals surface area contributed by atoms with Gasteiger partial charge in [0.2, 0.25) is 0 Å². The van der Waals surface area contributed by atoms with E-state index in [0.717, 1.165) is 11.3 Å². The summed E-state index contributed by atoms with van der Waals surface area (Å²) >= 11 is 5.91. The van der Waals surface area contributed by atoms with Crippen molar-refractivity contribution in [2.24, 2.45) is 0 Å². The van der Waals surface area contributed by atoms with Gasteiger partial charge in [0.05, 0.1) is 22.9 Å². The molecule has 2 rings (SSSR count). The maximum Gasteiger partial charge on any atom is 0.124 e. The van der Waals surface area contributed by atoms with Crippen molar-refractivity contribution in [3.05, 3.63) is 58.6 Å². The molecular weight excluding hydrogens is 239 g/mol. The monoisotopic (exact) mass is 250 g/mol. The SMILES string of the molecule is Cc1cccnc1CNc1ccc(F)cc1Cl. The highest BCUT2D eigenvalue weighted by Crippen LogP contribution is 2.22. The summed E-state index contributed by atoms with van der Waals surface area (Å²) in [6.07, 6.45) is 1.75. The van der Waals surface area contributed by atoms with Crippen molar-refractivity contribution in [2.45, 2.75) is 13.5 Å². The van der Waals surface area contributed by atoms with Crippen LogP contribution in [-0.2, 0) is 6.54 Å². The van der Waals surface area contributed by atoms with Crippen LogP contribution >= 0.6 is 11.6 Å². The van der Waals surface area contributed by atoms with E-state index in [1.807, 2.05) is 19.1 Å². The third-order valence-corrected chi connectivity index (χ3v) is 2.81. The van der Waals surface area contributed by atoms with Crippen LogP contribution in [0.5, 0.6) is 0 Å². The van der Waals surface area contributed by atoms with E-state index in [4.69, 9.17) is 11.6 Å². The molecule has 2 nitrogen and oxygen atoms in total. The first-order valence-corrected chi connectivity index (χ1v) is 5.64. The van der Waals surface area contributed by atoms with E-state index in [1.54, 1.807) is 12.3 Å². The van der Waals surface area contributed by atoms with Gasteiger partial charge >= 0.3 is 0 Å². The molecular formula is C13H12ClFN2. The van der Waals surface area contributed by atoms with Gasteiger partial charge in [0.15, 0.2) is 0 Å². The summed E-state index contributed by atoms with van der Waals surface area (Å²) in [6.45, 7) is 2.56. The van der Waals surface area contributed by atoms with Gasteiger partial charge < -0.3 is 5.32 Å². The van der Waals surface area contributed by atoms with E-state index in [0.29, 0.717) is 17.3 Å². The summed E-state index contributed by atoms with van der Waals surface area (Å²) in [5.41, 5.74) is 2.77. The first-order chi connectivity index (χ1) is 8.16. The minimum atomic E-state index is -0.338. The number of rotatable bonds is 3. The predicted octanol–water partition coefficient (Wildman–Crippen LogP) is 3.79. The second-order valence-electron chi connectivity index (χ2n) is 3.74. The van der Waals surface area contributed by atoms with Gasteiger partial charge in [-0.1, -0.05) is 17.7 Å². The number of anilines is 1. The fraction of sp³-hybridized carbons (Fsp3) is 0.154. The molecule has 0 aliphatic heterocycles. The summed E-state index contributed by atoms with van der Waals surface area (Å²) in [5, 5.41) is 3.51. The molecule has 0 atom stereocenters. The van der Waals surface area contributed by atoms with Crippen molar-refractivity contribution < 1.29 is 4.39 Å². The molecule has 0 aliphatic carbocycles. The Kier molecular flexibility index (Phi) is 3.59. The number of hydrogen-bond acceptors (Lipinski definition) is 2. The fourth-order valence-corrected chi connectivity index (χ4v) is 1.75. The number of hydrogen-bond donors (Lipinski definition) is 1. The highest BCUT2D eigenvalue weighted by atomic mass is 35.5. The highest BCUT2D eigenvalue weighted by molar-refractivity contribution is 6.33. The largest absolute Gasteiger partial charge is 0.378 e. The first kappa shape index (κ1) is 11.9. The van der Waals surface area contributed by atoms with E-state index in [-0.39, 0.29) is 5.82 Å². The van der Waals surface area contributed by atoms with Crippen molar-refractivity contribution in [3.8, 4) is 0 Å². The average molecular weight is 251 g/mol. The highest BCUT2D eigenvalue weighted by Gasteiger charge is 2.03. The summed E-state index contributed by atoms with van der Waals surface area (Å²) in [6, 6.07) is 8.17. The number of halogens is 2. The van der Waals surface area contributed by atoms with Crippen molar-refractivity contribution >= 4 is 17.3 Å². The van der Waals surface area contributed by atoms with Crippen LogP contribution in [0.15, 0.2) is 36.5 Å². The van der Waals surface area contributed by atoms with E-state index < -0.39 is 0 Å². The van der Waals surface area contributed by atoms with Gasteiger partial charge in [-0.25, -0.2) is 4.39 Å². The number of nitrogens with one attached hydrogen (secondary N) is 1. The van der Waals surface area contributed by atoms with E-state index in [1.165, 1.54) is 12.1 Å². The molecule has 0 aliphatic rings. The number of aryl methyl sites for hydroxylation is 1. The molecule has 1 N–H and O–H groups in total. The van der Waals surface area contributed by atoms with E-state index in [2.05, 4.69) is 10.3 Å². The van der Waals surface area contributed by atoms with Gasteiger partial charge in [-0.3, -0.25) is 4.98 Å². The van der Waals surface area contributed by atoms with Crippen molar-refractivity contribution in [1.82, 2.24) is 4.98 Å². The van der Waals surface area contributed by atoms with Crippen LogP contribution in [0, 0.1) is 12.7 Å². The molecule has 0 saturated heterocycles. The Bertz CT molecular complexity index is 529. The Balaban J connectivity index is 2.10. The van der Waals surface area contributed by atoms with Crippen molar-refractivity contribution in [2.75, 3.05) is 5.32 Å². The lowest BCUT2D eigenvalue weighted by molar-refractivity contribution is 0.628. The lowest BCUT2D eigenvalue weighted by atomic mass is 10.2. The molecule has 0 fully saturated rings. The zero-order valence-electron chi connectivity index (χ0n) is 9.37. The lowest BCUT2D eigenvalue weighted by Crippen LogP contribution is -2.03. The number of nitrogens with zero attached hydrogens (tertiary/aromatic N) is 1. The molecule has 0 bridgehead atoms. The Morgan fingerprint density at radius 1 is 1.35 bits per heavy atom. The summed E-state index contributed by atoms with van der Waals surface area (Å²) in [7, 11) is 0. The second kappa shape index (κ2) is 5.15. The zero-order valence-corrected chi connectivity index (χ0v) is 10.1. The smallest absolute Gasteiger partial charge is 0.124 e. The number of aromatic nitrogens is 1. The normalized spacial score (nSPS) is 10.3. The minimum Gasteiger partial charge on any atom is -0.378 e. The predicted molar refractivity (Wildman–Crippen MR) is 67.7 cm³/mol. The lowest BCUT2D eigenvalue weighted by Gasteiger charge is -2.09. The molecule has 1 heterocycles. The molecule has 1 aromatic carbocycles. The quantitative estimate of drug-likeness (QED) is 0.896. The van der Waals surface area contributed by atoms with Crippen molar-refractivity contribution in [1.29, 1.82) is 0 Å². The van der Waals surface area contributed by atoms with Gasteiger partial charge in [-0.05, 0) is 36.8 Å². The average Bonchev–Trinajstić information content (AvgIpc) is 2.30. The topological polar surface area (TPSA) is 24.9 Å². The summed E-state index contributed by atoms with van der Waals surface area (Å²) in [4.78, 5) is 4.26. The van der Waals surface area contributed by atoms with Crippen LogP contribution in [0.4, 0.5) is 10.1 Å². The zero-order chi connectivity index (χ0) is 12.3. The van der Waals surface area contributed by atoms with Gasteiger partial charge in [-0.15, -0.1) is 0 Å². The summed E-state index contributed by atoms with van der Waals surface area (Å²) in [5.74, 6) is -0.338. The molecule has 17 heavy (non-hydrogen) atoms. The maximum atomic E-state index is 12.9. The molecule has 0 saturated carbocycles.